The summed E-state index contributed by atoms with van der Waals surface area (Å²) in [7, 11) is 0. The molecule has 0 atom stereocenters. The monoisotopic (exact) mass is 282 g/mol. The first-order valence-electron chi connectivity index (χ1n) is 5.63. The minimum atomic E-state index is -0.542. The second-order valence-corrected chi connectivity index (χ2v) is 4.88. The molecule has 1 heterocycles. The quantitative estimate of drug-likeness (QED) is 0.889. The van der Waals surface area contributed by atoms with Gasteiger partial charge >= 0.3 is 6.03 Å². The highest BCUT2D eigenvalue weighted by Gasteiger charge is 2.06. The lowest BCUT2D eigenvalue weighted by Gasteiger charge is -2.07. The van der Waals surface area contributed by atoms with Crippen LogP contribution in [0.1, 0.15) is 10.4 Å². The zero-order valence-corrected chi connectivity index (χ0v) is 10.8. The predicted molar refractivity (Wildman–Crippen MR) is 69.8 cm³/mol. The largest absolute Gasteiger partial charge is 0.334 e. The number of hydrogen-bond donors (Lipinski definition) is 2. The first-order chi connectivity index (χ1) is 9.15. The van der Waals surface area contributed by atoms with Crippen LogP contribution in [0.25, 0.3) is 0 Å². The lowest BCUT2D eigenvalue weighted by molar-refractivity contribution is 0.240. The number of nitrogens with one attached hydrogen (secondary N) is 2. The van der Waals surface area contributed by atoms with Gasteiger partial charge in [-0.2, -0.15) is 0 Å². The van der Waals surface area contributed by atoms with Gasteiger partial charge in [-0.25, -0.2) is 13.6 Å². The summed E-state index contributed by atoms with van der Waals surface area (Å²) in [5.41, 5.74) is 0.117. The summed E-state index contributed by atoms with van der Waals surface area (Å²) in [5.74, 6) is -1.07. The van der Waals surface area contributed by atoms with Crippen LogP contribution in [0.15, 0.2) is 35.7 Å². The maximum Gasteiger partial charge on any atom is 0.315 e. The molecule has 1 aromatic heterocycles. The highest BCUT2D eigenvalue weighted by Crippen LogP contribution is 2.09. The summed E-state index contributed by atoms with van der Waals surface area (Å²) in [4.78, 5) is 12.5. The van der Waals surface area contributed by atoms with Crippen LogP contribution in [0, 0.1) is 11.6 Å². The second kappa shape index (κ2) is 6.29. The molecular formula is C13H12F2N2OS. The van der Waals surface area contributed by atoms with Crippen LogP contribution in [0.2, 0.25) is 0 Å². The van der Waals surface area contributed by atoms with Crippen LogP contribution in [0.4, 0.5) is 13.6 Å². The van der Waals surface area contributed by atoms with E-state index in [0.29, 0.717) is 6.54 Å². The fourth-order valence-electron chi connectivity index (χ4n) is 1.50. The van der Waals surface area contributed by atoms with Crippen molar-refractivity contribution in [3.63, 3.8) is 0 Å². The number of urea groups is 1. The molecule has 2 rings (SSSR count). The minimum Gasteiger partial charge on any atom is -0.334 e. The summed E-state index contributed by atoms with van der Waals surface area (Å²) in [5, 5.41) is 7.02. The summed E-state index contributed by atoms with van der Waals surface area (Å²) in [6.07, 6.45) is 0. The van der Waals surface area contributed by atoms with Gasteiger partial charge in [-0.1, -0.05) is 6.07 Å². The molecule has 0 aliphatic heterocycles. The number of rotatable bonds is 4. The minimum absolute atomic E-state index is 0.0557. The van der Waals surface area contributed by atoms with Crippen LogP contribution >= 0.6 is 11.3 Å². The Morgan fingerprint density at radius 2 is 1.95 bits per heavy atom. The van der Waals surface area contributed by atoms with Crippen molar-refractivity contribution < 1.29 is 13.6 Å². The zero-order valence-electron chi connectivity index (χ0n) is 9.95. The van der Waals surface area contributed by atoms with Crippen molar-refractivity contribution in [1.82, 2.24) is 10.6 Å². The Bertz CT molecular complexity index is 558. The highest BCUT2D eigenvalue weighted by atomic mass is 32.1. The van der Waals surface area contributed by atoms with E-state index in [1.54, 1.807) is 0 Å². The molecule has 0 unspecified atom stereocenters. The van der Waals surface area contributed by atoms with Gasteiger partial charge in [0.1, 0.15) is 11.6 Å². The fourth-order valence-corrected chi connectivity index (χ4v) is 2.14. The van der Waals surface area contributed by atoms with E-state index in [1.807, 2.05) is 17.5 Å². The number of hydrogen-bond acceptors (Lipinski definition) is 2. The van der Waals surface area contributed by atoms with Gasteiger partial charge in [0.25, 0.3) is 0 Å². The lowest BCUT2D eigenvalue weighted by atomic mass is 10.2. The van der Waals surface area contributed by atoms with Crippen LogP contribution in [-0.2, 0) is 13.1 Å². The first-order valence-corrected chi connectivity index (χ1v) is 6.51. The smallest absolute Gasteiger partial charge is 0.315 e. The Balaban J connectivity index is 1.81. The van der Waals surface area contributed by atoms with Gasteiger partial charge in [0, 0.05) is 17.0 Å². The van der Waals surface area contributed by atoms with E-state index < -0.39 is 17.7 Å². The van der Waals surface area contributed by atoms with Crippen LogP contribution in [0.5, 0.6) is 0 Å². The maximum atomic E-state index is 13.3. The lowest BCUT2D eigenvalue weighted by Crippen LogP contribution is -2.34. The Morgan fingerprint density at radius 3 is 2.68 bits per heavy atom. The van der Waals surface area contributed by atoms with E-state index in [-0.39, 0.29) is 12.1 Å². The third-order valence-electron chi connectivity index (χ3n) is 2.45. The molecule has 1 aromatic carbocycles. The van der Waals surface area contributed by atoms with Crippen molar-refractivity contribution in [2.45, 2.75) is 13.1 Å². The molecule has 0 radical (unpaired) electrons. The molecule has 100 valence electrons. The van der Waals surface area contributed by atoms with Gasteiger partial charge in [-0.3, -0.25) is 0 Å². The van der Waals surface area contributed by atoms with Crippen LogP contribution in [0.3, 0.4) is 0 Å². The van der Waals surface area contributed by atoms with E-state index in [9.17, 15) is 13.6 Å². The molecule has 6 heteroatoms. The zero-order chi connectivity index (χ0) is 13.7. The molecule has 0 spiro atoms. The molecule has 2 aromatic rings. The predicted octanol–water partition coefficient (Wildman–Crippen LogP) is 3.03. The van der Waals surface area contributed by atoms with Crippen LogP contribution in [-0.4, -0.2) is 6.03 Å². The van der Waals surface area contributed by atoms with Gasteiger partial charge in [-0.15, -0.1) is 11.3 Å². The number of carbonyl (C=O) groups is 1. The maximum absolute atomic E-state index is 13.3. The fraction of sp³-hybridized carbons (Fsp3) is 0.154. The van der Waals surface area contributed by atoms with Crippen molar-refractivity contribution in [3.05, 3.63) is 57.8 Å². The van der Waals surface area contributed by atoms with Gasteiger partial charge in [0.05, 0.1) is 6.54 Å². The second-order valence-electron chi connectivity index (χ2n) is 3.85. The number of benzene rings is 1. The summed E-state index contributed by atoms with van der Waals surface area (Å²) in [6.45, 7) is 0.356. The van der Waals surface area contributed by atoms with E-state index in [2.05, 4.69) is 10.6 Å². The van der Waals surface area contributed by atoms with E-state index >= 15 is 0 Å². The van der Waals surface area contributed by atoms with Gasteiger partial charge in [-0.05, 0) is 29.6 Å². The molecule has 0 saturated carbocycles. The van der Waals surface area contributed by atoms with Gasteiger partial charge in [0.2, 0.25) is 0 Å². The Labute approximate surface area is 113 Å². The van der Waals surface area contributed by atoms with Crippen molar-refractivity contribution in [1.29, 1.82) is 0 Å². The molecule has 0 bridgehead atoms. The number of amides is 2. The van der Waals surface area contributed by atoms with E-state index in [0.717, 1.165) is 23.1 Å². The summed E-state index contributed by atoms with van der Waals surface area (Å²) in [6, 6.07) is 6.51. The van der Waals surface area contributed by atoms with Crippen molar-refractivity contribution in [3.8, 4) is 0 Å². The molecule has 0 aliphatic rings. The summed E-state index contributed by atoms with van der Waals surface area (Å²) >= 11 is 1.53. The number of carbonyl (C=O) groups excluding carboxylic acids is 1. The van der Waals surface area contributed by atoms with Crippen molar-refractivity contribution in [2.24, 2.45) is 0 Å². The van der Waals surface area contributed by atoms with Crippen molar-refractivity contribution in [2.75, 3.05) is 0 Å². The van der Waals surface area contributed by atoms with E-state index in [1.165, 1.54) is 11.3 Å². The van der Waals surface area contributed by atoms with Crippen LogP contribution < -0.4 is 10.6 Å². The third kappa shape index (κ3) is 4.03. The molecule has 2 amide bonds. The normalized spacial score (nSPS) is 10.2. The van der Waals surface area contributed by atoms with Gasteiger partial charge < -0.3 is 10.6 Å². The Morgan fingerprint density at radius 1 is 1.16 bits per heavy atom. The average Bonchev–Trinajstić information content (AvgIpc) is 2.90. The average molecular weight is 282 g/mol. The molecule has 19 heavy (non-hydrogen) atoms. The molecule has 0 fully saturated rings. The highest BCUT2D eigenvalue weighted by molar-refractivity contribution is 7.09. The summed E-state index contributed by atoms with van der Waals surface area (Å²) < 4.78 is 26.2. The third-order valence-corrected chi connectivity index (χ3v) is 3.33. The van der Waals surface area contributed by atoms with Gasteiger partial charge in [0.15, 0.2) is 0 Å². The molecule has 2 N–H and O–H groups in total. The van der Waals surface area contributed by atoms with E-state index in [4.69, 9.17) is 0 Å². The molecule has 0 saturated heterocycles. The standard InChI is InChI=1S/C13H12F2N2OS/c14-10-3-4-12(15)9(6-10)7-16-13(18)17-8-11-2-1-5-19-11/h1-6H,7-8H2,(H2,16,17,18). The van der Waals surface area contributed by atoms with Crippen molar-refractivity contribution >= 4 is 17.4 Å². The number of thiophene rings is 1. The number of halogens is 2. The molecule has 3 nitrogen and oxygen atoms in total. The SMILES string of the molecule is O=C(NCc1cccs1)NCc1cc(F)ccc1F. The molecular weight excluding hydrogens is 270 g/mol. The Kier molecular flexibility index (Phi) is 4.46. The molecule has 0 aliphatic carbocycles. The Hall–Kier alpha value is -1.95. The topological polar surface area (TPSA) is 41.1 Å². The first kappa shape index (κ1) is 13.5.